The Balaban J connectivity index is 2.24. The minimum Gasteiger partial charge on any atom is -0.359 e. The van der Waals surface area contributed by atoms with Gasteiger partial charge in [0.15, 0.2) is 0 Å². The van der Waals surface area contributed by atoms with Crippen LogP contribution in [0.4, 0.5) is 0 Å². The molecular formula is C9H16N2O2. The van der Waals surface area contributed by atoms with Gasteiger partial charge in [-0.15, -0.1) is 0 Å². The fraction of sp³-hybridized carbons (Fsp3) is 0.778. The van der Waals surface area contributed by atoms with E-state index in [-0.39, 0.29) is 5.91 Å². The number of nitrogens with zero attached hydrogens (tertiary/aromatic N) is 1. The highest BCUT2D eigenvalue weighted by molar-refractivity contribution is 5.75. The molecule has 1 N–H and O–H groups in total. The molecule has 0 aliphatic carbocycles. The van der Waals surface area contributed by atoms with Gasteiger partial charge < -0.3 is 10.2 Å². The number of carbonyl (C=O) groups excluding carboxylic acids is 2. The zero-order valence-electron chi connectivity index (χ0n) is 7.95. The van der Waals surface area contributed by atoms with E-state index in [9.17, 15) is 9.59 Å². The van der Waals surface area contributed by atoms with Crippen LogP contribution in [0.2, 0.25) is 0 Å². The van der Waals surface area contributed by atoms with E-state index >= 15 is 0 Å². The van der Waals surface area contributed by atoms with Gasteiger partial charge in [0.1, 0.15) is 0 Å². The van der Waals surface area contributed by atoms with Crippen LogP contribution in [-0.2, 0) is 9.59 Å². The van der Waals surface area contributed by atoms with Crippen molar-refractivity contribution >= 4 is 12.3 Å². The Kier molecular flexibility index (Phi) is 3.73. The highest BCUT2D eigenvalue weighted by Crippen LogP contribution is 2.19. The lowest BCUT2D eigenvalue weighted by atomic mass is 9.93. The summed E-state index contributed by atoms with van der Waals surface area (Å²) in [5, 5.41) is 2.62. The van der Waals surface area contributed by atoms with E-state index in [1.54, 1.807) is 11.9 Å². The van der Waals surface area contributed by atoms with Crippen LogP contribution in [0.15, 0.2) is 0 Å². The van der Waals surface area contributed by atoms with E-state index in [0.29, 0.717) is 12.3 Å². The van der Waals surface area contributed by atoms with Crippen molar-refractivity contribution in [3.63, 3.8) is 0 Å². The summed E-state index contributed by atoms with van der Waals surface area (Å²) in [4.78, 5) is 23.2. The summed E-state index contributed by atoms with van der Waals surface area (Å²) in [6.45, 7) is 1.59. The van der Waals surface area contributed by atoms with Gasteiger partial charge in [0.25, 0.3) is 0 Å². The van der Waals surface area contributed by atoms with Gasteiger partial charge in [-0.1, -0.05) is 0 Å². The first kappa shape index (κ1) is 10.0. The summed E-state index contributed by atoms with van der Waals surface area (Å²) in [6.07, 6.45) is 3.39. The molecule has 0 bridgehead atoms. The van der Waals surface area contributed by atoms with Crippen molar-refractivity contribution in [2.24, 2.45) is 5.92 Å². The van der Waals surface area contributed by atoms with Gasteiger partial charge in [-0.2, -0.15) is 0 Å². The van der Waals surface area contributed by atoms with E-state index in [1.807, 2.05) is 0 Å². The summed E-state index contributed by atoms with van der Waals surface area (Å²) >= 11 is 0. The van der Waals surface area contributed by atoms with Crippen molar-refractivity contribution in [2.45, 2.75) is 19.3 Å². The first-order chi connectivity index (χ1) is 6.26. The van der Waals surface area contributed by atoms with Gasteiger partial charge in [0.2, 0.25) is 12.3 Å². The quantitative estimate of drug-likeness (QED) is 0.627. The standard InChI is InChI=1S/C9H16N2O2/c1-10-9(13)6-8-2-4-11(7-12)5-3-8/h7-8H,2-6H2,1H3,(H,10,13). The van der Waals surface area contributed by atoms with Crippen molar-refractivity contribution < 1.29 is 9.59 Å². The van der Waals surface area contributed by atoms with Gasteiger partial charge in [-0.3, -0.25) is 9.59 Å². The van der Waals surface area contributed by atoms with Crippen LogP contribution in [0.3, 0.4) is 0 Å². The van der Waals surface area contributed by atoms with Gasteiger partial charge in [-0.25, -0.2) is 0 Å². The summed E-state index contributed by atoms with van der Waals surface area (Å²) in [5.74, 6) is 0.556. The molecule has 0 unspecified atom stereocenters. The minimum absolute atomic E-state index is 0.101. The lowest BCUT2D eigenvalue weighted by Gasteiger charge is -2.28. The molecule has 4 nitrogen and oxygen atoms in total. The fourth-order valence-corrected chi connectivity index (χ4v) is 1.63. The monoisotopic (exact) mass is 184 g/mol. The molecule has 1 rings (SSSR count). The predicted octanol–water partition coefficient (Wildman–Crippen LogP) is -0.00910. The van der Waals surface area contributed by atoms with Crippen molar-refractivity contribution in [1.29, 1.82) is 0 Å². The van der Waals surface area contributed by atoms with Crippen LogP contribution >= 0.6 is 0 Å². The van der Waals surface area contributed by atoms with Crippen LogP contribution in [0.5, 0.6) is 0 Å². The number of piperidine rings is 1. The Hall–Kier alpha value is -1.06. The van der Waals surface area contributed by atoms with Crippen LogP contribution in [0.1, 0.15) is 19.3 Å². The topological polar surface area (TPSA) is 49.4 Å². The molecule has 4 heteroatoms. The molecule has 1 aliphatic rings. The lowest BCUT2D eigenvalue weighted by molar-refractivity contribution is -0.122. The predicted molar refractivity (Wildman–Crippen MR) is 49.0 cm³/mol. The first-order valence-corrected chi connectivity index (χ1v) is 4.66. The molecule has 1 fully saturated rings. The van der Waals surface area contributed by atoms with Crippen LogP contribution in [0.25, 0.3) is 0 Å². The Bertz CT molecular complexity index is 186. The Morgan fingerprint density at radius 3 is 2.62 bits per heavy atom. The second-order valence-corrected chi connectivity index (χ2v) is 3.46. The number of rotatable bonds is 3. The van der Waals surface area contributed by atoms with Crippen molar-refractivity contribution in [1.82, 2.24) is 10.2 Å². The second kappa shape index (κ2) is 4.84. The number of hydrogen-bond donors (Lipinski definition) is 1. The molecule has 2 amide bonds. The molecule has 0 saturated carbocycles. The molecule has 0 aromatic rings. The molecule has 0 aromatic heterocycles. The van der Waals surface area contributed by atoms with Crippen molar-refractivity contribution in [3.8, 4) is 0 Å². The van der Waals surface area contributed by atoms with Gasteiger partial charge >= 0.3 is 0 Å². The molecule has 0 radical (unpaired) electrons. The third-order valence-corrected chi connectivity index (χ3v) is 2.55. The van der Waals surface area contributed by atoms with E-state index in [0.717, 1.165) is 32.3 Å². The third kappa shape index (κ3) is 3.05. The molecule has 1 aliphatic heterocycles. The number of hydrogen-bond acceptors (Lipinski definition) is 2. The number of likely N-dealkylation sites (tertiary alicyclic amines) is 1. The average Bonchev–Trinajstić information content (AvgIpc) is 2.19. The molecule has 13 heavy (non-hydrogen) atoms. The van der Waals surface area contributed by atoms with Crippen LogP contribution in [0, 0.1) is 5.92 Å². The molecule has 0 aromatic carbocycles. The Labute approximate surface area is 78.3 Å². The maximum Gasteiger partial charge on any atom is 0.220 e. The molecule has 1 saturated heterocycles. The highest BCUT2D eigenvalue weighted by Gasteiger charge is 2.19. The minimum atomic E-state index is 0.101. The number of nitrogens with one attached hydrogen (secondary N) is 1. The maximum absolute atomic E-state index is 11.0. The summed E-state index contributed by atoms with van der Waals surface area (Å²) < 4.78 is 0. The first-order valence-electron chi connectivity index (χ1n) is 4.66. The van der Waals surface area contributed by atoms with Gasteiger partial charge in [0.05, 0.1) is 0 Å². The highest BCUT2D eigenvalue weighted by atomic mass is 16.1. The van der Waals surface area contributed by atoms with Gasteiger partial charge in [-0.05, 0) is 18.8 Å². The van der Waals surface area contributed by atoms with Crippen LogP contribution < -0.4 is 5.32 Å². The van der Waals surface area contributed by atoms with E-state index in [1.165, 1.54) is 0 Å². The summed E-state index contributed by atoms with van der Waals surface area (Å²) in [5.41, 5.74) is 0. The molecule has 0 spiro atoms. The van der Waals surface area contributed by atoms with E-state index in [4.69, 9.17) is 0 Å². The van der Waals surface area contributed by atoms with Gasteiger partial charge in [0, 0.05) is 26.6 Å². The second-order valence-electron chi connectivity index (χ2n) is 3.46. The zero-order chi connectivity index (χ0) is 9.68. The molecular weight excluding hydrogens is 168 g/mol. The summed E-state index contributed by atoms with van der Waals surface area (Å²) in [6, 6.07) is 0. The number of carbonyl (C=O) groups is 2. The van der Waals surface area contributed by atoms with E-state index in [2.05, 4.69) is 5.32 Å². The summed E-state index contributed by atoms with van der Waals surface area (Å²) in [7, 11) is 1.66. The fourth-order valence-electron chi connectivity index (χ4n) is 1.63. The largest absolute Gasteiger partial charge is 0.359 e. The van der Waals surface area contributed by atoms with E-state index < -0.39 is 0 Å². The zero-order valence-corrected chi connectivity index (χ0v) is 7.95. The van der Waals surface area contributed by atoms with Crippen molar-refractivity contribution in [2.75, 3.05) is 20.1 Å². The SMILES string of the molecule is CNC(=O)CC1CCN(C=O)CC1. The lowest BCUT2D eigenvalue weighted by Crippen LogP contribution is -2.34. The average molecular weight is 184 g/mol. The smallest absolute Gasteiger partial charge is 0.220 e. The Morgan fingerprint density at radius 2 is 2.15 bits per heavy atom. The van der Waals surface area contributed by atoms with Crippen molar-refractivity contribution in [3.05, 3.63) is 0 Å². The number of amides is 2. The molecule has 74 valence electrons. The maximum atomic E-state index is 11.0. The Morgan fingerprint density at radius 1 is 1.54 bits per heavy atom. The third-order valence-electron chi connectivity index (χ3n) is 2.55. The molecule has 0 atom stereocenters. The van der Waals surface area contributed by atoms with Crippen LogP contribution in [-0.4, -0.2) is 37.4 Å². The normalized spacial score (nSPS) is 18.4. The molecule has 1 heterocycles.